The van der Waals surface area contributed by atoms with Crippen LogP contribution in [0.4, 0.5) is 4.39 Å². The van der Waals surface area contributed by atoms with E-state index in [2.05, 4.69) is 51.4 Å². The molecule has 1 aromatic heterocycles. The Morgan fingerprint density at radius 2 is 2.09 bits per heavy atom. The molecule has 1 aromatic carbocycles. The van der Waals surface area contributed by atoms with E-state index in [9.17, 15) is 9.18 Å². The summed E-state index contributed by atoms with van der Waals surface area (Å²) in [7, 11) is 0. The van der Waals surface area contributed by atoms with Crippen molar-refractivity contribution in [1.29, 1.82) is 0 Å². The number of thiophene rings is 1. The van der Waals surface area contributed by atoms with E-state index in [-0.39, 0.29) is 11.9 Å². The van der Waals surface area contributed by atoms with Gasteiger partial charge in [-0.15, -0.1) is 0 Å². The zero-order valence-corrected chi connectivity index (χ0v) is 15.6. The Bertz CT molecular complexity index is 624. The molecule has 0 saturated carbocycles. The molecule has 3 nitrogen and oxygen atoms in total. The summed E-state index contributed by atoms with van der Waals surface area (Å²) in [5.41, 5.74) is 1.51. The number of hydrogen-bond acceptors (Lipinski definition) is 3. The third-order valence-corrected chi connectivity index (χ3v) is 4.92. The molecule has 0 aliphatic carbocycles. The Balaban J connectivity index is 2.10. The van der Waals surface area contributed by atoms with E-state index < -0.39 is 5.82 Å². The van der Waals surface area contributed by atoms with Crippen LogP contribution >= 0.6 is 27.3 Å². The van der Waals surface area contributed by atoms with Crippen molar-refractivity contribution in [3.8, 4) is 0 Å². The number of amides is 1. The van der Waals surface area contributed by atoms with Gasteiger partial charge in [0.25, 0.3) is 5.91 Å². The molecule has 1 amide bonds. The van der Waals surface area contributed by atoms with Crippen LogP contribution in [0.1, 0.15) is 35.8 Å². The zero-order valence-electron chi connectivity index (χ0n) is 13.2. The summed E-state index contributed by atoms with van der Waals surface area (Å²) in [6.45, 7) is 6.50. The van der Waals surface area contributed by atoms with Crippen molar-refractivity contribution in [2.45, 2.75) is 19.9 Å². The van der Waals surface area contributed by atoms with Gasteiger partial charge in [-0.2, -0.15) is 11.3 Å². The van der Waals surface area contributed by atoms with Crippen molar-refractivity contribution in [1.82, 2.24) is 10.2 Å². The van der Waals surface area contributed by atoms with Gasteiger partial charge in [-0.05, 0) is 53.7 Å². The van der Waals surface area contributed by atoms with Gasteiger partial charge in [0, 0.05) is 16.6 Å². The fourth-order valence-electron chi connectivity index (χ4n) is 2.56. The SMILES string of the molecule is CCN(CC)C(CNC(=O)c1cc(F)cc(Br)c1)c1ccsc1. The fourth-order valence-corrected chi connectivity index (χ4v) is 3.74. The lowest BCUT2D eigenvalue weighted by Crippen LogP contribution is -2.37. The van der Waals surface area contributed by atoms with Gasteiger partial charge >= 0.3 is 0 Å². The first-order valence-corrected chi connectivity index (χ1v) is 9.29. The van der Waals surface area contributed by atoms with Gasteiger partial charge in [0.1, 0.15) is 5.82 Å². The van der Waals surface area contributed by atoms with Crippen LogP contribution in [0.3, 0.4) is 0 Å². The third-order valence-electron chi connectivity index (χ3n) is 3.76. The molecule has 1 atom stereocenters. The van der Waals surface area contributed by atoms with E-state index in [1.54, 1.807) is 17.4 Å². The second-order valence-electron chi connectivity index (χ2n) is 5.16. The predicted molar refractivity (Wildman–Crippen MR) is 96.4 cm³/mol. The molecular formula is C17H20BrFN2OS. The summed E-state index contributed by atoms with van der Waals surface area (Å²) in [6.07, 6.45) is 0. The molecule has 0 fully saturated rings. The summed E-state index contributed by atoms with van der Waals surface area (Å²) in [5.74, 6) is -0.694. The quantitative estimate of drug-likeness (QED) is 0.746. The Morgan fingerprint density at radius 3 is 2.65 bits per heavy atom. The van der Waals surface area contributed by atoms with Gasteiger partial charge in [0.05, 0.1) is 6.04 Å². The van der Waals surface area contributed by atoms with Crippen molar-refractivity contribution in [3.05, 3.63) is 56.4 Å². The molecule has 0 aliphatic heterocycles. The first kappa shape index (κ1) is 18.1. The lowest BCUT2D eigenvalue weighted by Gasteiger charge is -2.29. The monoisotopic (exact) mass is 398 g/mol. The zero-order chi connectivity index (χ0) is 16.8. The van der Waals surface area contributed by atoms with E-state index in [4.69, 9.17) is 0 Å². The minimum absolute atomic E-state index is 0.122. The molecular weight excluding hydrogens is 379 g/mol. The van der Waals surface area contributed by atoms with Crippen molar-refractivity contribution in [2.75, 3.05) is 19.6 Å². The molecule has 23 heavy (non-hydrogen) atoms. The number of carbonyl (C=O) groups excluding carboxylic acids is 1. The van der Waals surface area contributed by atoms with Crippen LogP contribution in [0, 0.1) is 5.82 Å². The van der Waals surface area contributed by atoms with Gasteiger partial charge in [0.15, 0.2) is 0 Å². The lowest BCUT2D eigenvalue weighted by atomic mass is 10.1. The first-order chi connectivity index (χ1) is 11.0. The predicted octanol–water partition coefficient (Wildman–Crippen LogP) is 4.46. The van der Waals surface area contributed by atoms with Crippen LogP contribution < -0.4 is 5.32 Å². The van der Waals surface area contributed by atoms with Crippen molar-refractivity contribution >= 4 is 33.2 Å². The van der Waals surface area contributed by atoms with E-state index in [0.717, 1.165) is 13.1 Å². The lowest BCUT2D eigenvalue weighted by molar-refractivity contribution is 0.0934. The van der Waals surface area contributed by atoms with Gasteiger partial charge in [0.2, 0.25) is 0 Å². The second kappa shape index (κ2) is 8.57. The maximum atomic E-state index is 13.4. The maximum absolute atomic E-state index is 13.4. The average Bonchev–Trinajstić information content (AvgIpc) is 3.04. The highest BCUT2D eigenvalue weighted by atomic mass is 79.9. The van der Waals surface area contributed by atoms with Gasteiger partial charge in [-0.25, -0.2) is 4.39 Å². The highest BCUT2D eigenvalue weighted by Gasteiger charge is 2.19. The average molecular weight is 399 g/mol. The molecule has 1 N–H and O–H groups in total. The number of rotatable bonds is 7. The van der Waals surface area contributed by atoms with Crippen LogP contribution in [0.5, 0.6) is 0 Å². The number of hydrogen-bond donors (Lipinski definition) is 1. The van der Waals surface area contributed by atoms with Crippen molar-refractivity contribution in [2.24, 2.45) is 0 Å². The molecule has 2 aromatic rings. The van der Waals surface area contributed by atoms with Crippen LogP contribution in [-0.4, -0.2) is 30.4 Å². The van der Waals surface area contributed by atoms with Crippen molar-refractivity contribution < 1.29 is 9.18 Å². The highest BCUT2D eigenvalue weighted by molar-refractivity contribution is 9.10. The van der Waals surface area contributed by atoms with Crippen LogP contribution in [0.2, 0.25) is 0 Å². The summed E-state index contributed by atoms with van der Waals surface area (Å²) in [5, 5.41) is 7.07. The molecule has 0 bridgehead atoms. The molecule has 0 saturated heterocycles. The fraction of sp³-hybridized carbons (Fsp3) is 0.353. The standard InChI is InChI=1S/C17H20BrFN2OS/c1-3-21(4-2)16(12-5-6-23-11-12)10-20-17(22)13-7-14(18)9-15(19)8-13/h5-9,11,16H,3-4,10H2,1-2H3,(H,20,22). The van der Waals surface area contributed by atoms with E-state index in [1.165, 1.54) is 17.7 Å². The Morgan fingerprint density at radius 1 is 1.35 bits per heavy atom. The minimum Gasteiger partial charge on any atom is -0.350 e. The number of nitrogens with zero attached hydrogens (tertiary/aromatic N) is 1. The molecule has 6 heteroatoms. The van der Waals surface area contributed by atoms with Gasteiger partial charge in [-0.1, -0.05) is 29.8 Å². The van der Waals surface area contributed by atoms with Crippen LogP contribution in [0.25, 0.3) is 0 Å². The number of likely N-dealkylation sites (N-methyl/N-ethyl adjacent to an activating group) is 1. The second-order valence-corrected chi connectivity index (χ2v) is 6.86. The van der Waals surface area contributed by atoms with E-state index >= 15 is 0 Å². The van der Waals surface area contributed by atoms with Crippen molar-refractivity contribution in [3.63, 3.8) is 0 Å². The number of carbonyl (C=O) groups is 1. The Labute approximate surface area is 148 Å². The number of nitrogens with one attached hydrogen (secondary N) is 1. The summed E-state index contributed by atoms with van der Waals surface area (Å²) >= 11 is 4.86. The minimum atomic E-state index is -0.428. The molecule has 0 radical (unpaired) electrons. The summed E-state index contributed by atoms with van der Waals surface area (Å²) in [6, 6.07) is 6.41. The summed E-state index contributed by atoms with van der Waals surface area (Å²) < 4.78 is 14.0. The molecule has 0 spiro atoms. The molecule has 124 valence electrons. The van der Waals surface area contributed by atoms with Gasteiger partial charge < -0.3 is 5.32 Å². The Kier molecular flexibility index (Phi) is 6.74. The number of halogens is 2. The first-order valence-electron chi connectivity index (χ1n) is 7.55. The molecule has 0 aliphatic rings. The smallest absolute Gasteiger partial charge is 0.251 e. The van der Waals surface area contributed by atoms with Gasteiger partial charge in [-0.3, -0.25) is 9.69 Å². The molecule has 2 rings (SSSR count). The molecule has 1 unspecified atom stereocenters. The normalized spacial score (nSPS) is 12.4. The topological polar surface area (TPSA) is 32.3 Å². The largest absolute Gasteiger partial charge is 0.350 e. The van der Waals surface area contributed by atoms with Crippen LogP contribution in [-0.2, 0) is 0 Å². The Hall–Kier alpha value is -1.24. The van der Waals surface area contributed by atoms with Crippen LogP contribution in [0.15, 0.2) is 39.5 Å². The van der Waals surface area contributed by atoms with E-state index in [1.807, 2.05) is 5.38 Å². The summed E-state index contributed by atoms with van der Waals surface area (Å²) in [4.78, 5) is 14.6. The third kappa shape index (κ3) is 4.86. The number of benzene rings is 1. The highest BCUT2D eigenvalue weighted by Crippen LogP contribution is 2.22. The molecule has 1 heterocycles. The maximum Gasteiger partial charge on any atom is 0.251 e. The van der Waals surface area contributed by atoms with E-state index in [0.29, 0.717) is 16.6 Å².